The van der Waals surface area contributed by atoms with Crippen LogP contribution in [0.1, 0.15) is 55.9 Å². The van der Waals surface area contributed by atoms with Crippen LogP contribution in [0.15, 0.2) is 29.1 Å². The van der Waals surface area contributed by atoms with Crippen LogP contribution in [0.3, 0.4) is 0 Å². The molecule has 2 aliphatic rings. The summed E-state index contributed by atoms with van der Waals surface area (Å²) in [5, 5.41) is 15.0. The quantitative estimate of drug-likeness (QED) is 0.670. The Morgan fingerprint density at radius 2 is 1.97 bits per heavy atom. The van der Waals surface area contributed by atoms with Crippen molar-refractivity contribution in [2.45, 2.75) is 51.2 Å². The molecule has 0 saturated carbocycles. The van der Waals surface area contributed by atoms with Gasteiger partial charge in [0.1, 0.15) is 5.56 Å². The fourth-order valence-corrected chi connectivity index (χ4v) is 5.23. The second kappa shape index (κ2) is 10.1. The highest BCUT2D eigenvalue weighted by atomic mass is 35.5. The maximum atomic E-state index is 13.1. The van der Waals surface area contributed by atoms with Gasteiger partial charge in [0.15, 0.2) is 0 Å². The molecule has 0 unspecified atom stereocenters. The molecule has 33 heavy (non-hydrogen) atoms. The monoisotopic (exact) mass is 475 g/mol. The molecule has 0 aliphatic carbocycles. The molecule has 2 fully saturated rings. The fraction of sp³-hybridized carbons (Fsp3) is 0.600. The van der Waals surface area contributed by atoms with E-state index in [-0.39, 0.29) is 23.1 Å². The Morgan fingerprint density at radius 1 is 1.27 bits per heavy atom. The summed E-state index contributed by atoms with van der Waals surface area (Å²) in [7, 11) is 0. The average Bonchev–Trinajstić information content (AvgIpc) is 2.78. The third kappa shape index (κ3) is 5.43. The van der Waals surface area contributed by atoms with Crippen LogP contribution in [0.2, 0.25) is 5.02 Å². The molecule has 2 N–H and O–H groups in total. The summed E-state index contributed by atoms with van der Waals surface area (Å²) in [6.45, 7) is 8.11. The van der Waals surface area contributed by atoms with E-state index in [9.17, 15) is 14.7 Å². The maximum Gasteiger partial charge on any atom is 0.264 e. The van der Waals surface area contributed by atoms with Crippen LogP contribution in [0.25, 0.3) is 10.9 Å². The minimum atomic E-state index is -0.646. The molecule has 180 valence electrons. The van der Waals surface area contributed by atoms with Crippen LogP contribution in [-0.2, 0) is 4.74 Å². The van der Waals surface area contributed by atoms with Crippen molar-refractivity contribution in [3.05, 3.63) is 45.2 Å². The van der Waals surface area contributed by atoms with E-state index in [2.05, 4.69) is 10.2 Å². The van der Waals surface area contributed by atoms with Gasteiger partial charge < -0.3 is 24.6 Å². The molecule has 0 spiro atoms. The zero-order valence-corrected chi connectivity index (χ0v) is 20.2. The van der Waals surface area contributed by atoms with E-state index in [0.717, 1.165) is 31.4 Å². The second-order valence-electron chi connectivity index (χ2n) is 9.77. The Kier molecular flexibility index (Phi) is 7.43. The number of halogens is 1. The molecule has 0 bridgehead atoms. The number of ether oxygens (including phenoxy) is 1. The van der Waals surface area contributed by atoms with Crippen LogP contribution >= 0.6 is 11.6 Å². The molecule has 7 nitrogen and oxygen atoms in total. The lowest BCUT2D eigenvalue weighted by Crippen LogP contribution is -2.49. The smallest absolute Gasteiger partial charge is 0.264 e. The SMILES string of the molecule is CC(C)n1c(=O)c(C(=O)NCC2CCN(CC3(O)CCOCC3)CC2)cc2c(Cl)cccc21. The van der Waals surface area contributed by atoms with Crippen molar-refractivity contribution in [3.63, 3.8) is 0 Å². The number of fused-ring (bicyclic) bond motifs is 1. The first-order valence-corrected chi connectivity index (χ1v) is 12.3. The third-order valence-electron chi connectivity index (χ3n) is 6.99. The first kappa shape index (κ1) is 24.2. The zero-order chi connectivity index (χ0) is 23.6. The van der Waals surface area contributed by atoms with E-state index in [4.69, 9.17) is 16.3 Å². The van der Waals surface area contributed by atoms with Crippen molar-refractivity contribution in [2.24, 2.45) is 5.92 Å². The Morgan fingerprint density at radius 3 is 2.64 bits per heavy atom. The summed E-state index contributed by atoms with van der Waals surface area (Å²) in [5.74, 6) is 0.000988. The number of hydrogen-bond donors (Lipinski definition) is 2. The normalized spacial score (nSPS) is 19.8. The van der Waals surface area contributed by atoms with E-state index >= 15 is 0 Å². The molecule has 3 heterocycles. The Bertz CT molecular complexity index is 1050. The highest BCUT2D eigenvalue weighted by Crippen LogP contribution is 2.26. The van der Waals surface area contributed by atoms with Gasteiger partial charge >= 0.3 is 0 Å². The van der Waals surface area contributed by atoms with Gasteiger partial charge in [0.2, 0.25) is 0 Å². The molecule has 1 aromatic heterocycles. The standard InChI is InChI=1S/C25H34ClN3O4/c1-17(2)29-22-5-3-4-21(26)19(22)14-20(24(29)31)23(30)27-15-18-6-10-28(11-7-18)16-25(32)8-12-33-13-9-25/h3-5,14,17-18,32H,6-13,15-16H2,1-2H3,(H,27,30). The van der Waals surface area contributed by atoms with Gasteiger partial charge in [-0.2, -0.15) is 0 Å². The summed E-state index contributed by atoms with van der Waals surface area (Å²) >= 11 is 6.38. The molecule has 2 aliphatic heterocycles. The lowest BCUT2D eigenvalue weighted by atomic mass is 9.91. The lowest BCUT2D eigenvalue weighted by Gasteiger charge is -2.39. The van der Waals surface area contributed by atoms with Crippen LogP contribution in [0.5, 0.6) is 0 Å². The van der Waals surface area contributed by atoms with Gasteiger partial charge in [-0.05, 0) is 63.9 Å². The average molecular weight is 476 g/mol. The number of amides is 1. The number of piperidine rings is 1. The van der Waals surface area contributed by atoms with E-state index in [1.807, 2.05) is 26.0 Å². The number of hydrogen-bond acceptors (Lipinski definition) is 5. The van der Waals surface area contributed by atoms with Gasteiger partial charge in [0, 0.05) is 55.6 Å². The maximum absolute atomic E-state index is 13.1. The number of carbonyl (C=O) groups excluding carboxylic acids is 1. The predicted octanol–water partition coefficient (Wildman–Crippen LogP) is 3.22. The van der Waals surface area contributed by atoms with Gasteiger partial charge in [-0.1, -0.05) is 17.7 Å². The largest absolute Gasteiger partial charge is 0.388 e. The number of aliphatic hydroxyl groups is 1. The minimum absolute atomic E-state index is 0.0962. The van der Waals surface area contributed by atoms with Crippen molar-refractivity contribution in [1.29, 1.82) is 0 Å². The van der Waals surface area contributed by atoms with Crippen LogP contribution in [0.4, 0.5) is 0 Å². The Hall–Kier alpha value is -1.93. The van der Waals surface area contributed by atoms with Gasteiger partial charge in [0.05, 0.1) is 11.1 Å². The molecular formula is C25H34ClN3O4. The predicted molar refractivity (Wildman–Crippen MR) is 130 cm³/mol. The Labute approximate surface area is 199 Å². The van der Waals surface area contributed by atoms with Gasteiger partial charge in [0.25, 0.3) is 11.5 Å². The molecule has 0 atom stereocenters. The number of aromatic nitrogens is 1. The molecule has 1 aromatic carbocycles. The van der Waals surface area contributed by atoms with Crippen LogP contribution in [-0.4, -0.2) is 65.5 Å². The molecule has 4 rings (SSSR count). The van der Waals surface area contributed by atoms with E-state index in [1.165, 1.54) is 0 Å². The van der Waals surface area contributed by atoms with Crippen molar-refractivity contribution >= 4 is 28.4 Å². The van der Waals surface area contributed by atoms with Gasteiger partial charge in [-0.25, -0.2) is 0 Å². The number of carbonyl (C=O) groups is 1. The summed E-state index contributed by atoms with van der Waals surface area (Å²) in [6.07, 6.45) is 3.28. The topological polar surface area (TPSA) is 83.8 Å². The number of nitrogens with one attached hydrogen (secondary N) is 1. The Balaban J connectivity index is 1.38. The zero-order valence-electron chi connectivity index (χ0n) is 19.5. The number of β-amino-alcohol motifs (C(OH)–C–C–N with tert-alkyl or cyclic N) is 1. The van der Waals surface area contributed by atoms with E-state index < -0.39 is 5.60 Å². The molecule has 1 amide bonds. The molecular weight excluding hydrogens is 442 g/mol. The van der Waals surface area contributed by atoms with Crippen molar-refractivity contribution < 1.29 is 14.6 Å². The van der Waals surface area contributed by atoms with Crippen molar-refractivity contribution in [1.82, 2.24) is 14.8 Å². The number of rotatable bonds is 6. The summed E-state index contributed by atoms with van der Waals surface area (Å²) < 4.78 is 7.01. The summed E-state index contributed by atoms with van der Waals surface area (Å²) in [6, 6.07) is 6.96. The molecule has 2 aromatic rings. The number of pyridine rings is 1. The molecule has 2 saturated heterocycles. The summed E-state index contributed by atoms with van der Waals surface area (Å²) in [5.41, 5.74) is -0.0784. The molecule has 8 heteroatoms. The van der Waals surface area contributed by atoms with Gasteiger partial charge in [-0.3, -0.25) is 9.59 Å². The van der Waals surface area contributed by atoms with E-state index in [0.29, 0.717) is 55.5 Å². The van der Waals surface area contributed by atoms with Gasteiger partial charge in [-0.15, -0.1) is 0 Å². The highest BCUT2D eigenvalue weighted by molar-refractivity contribution is 6.35. The molecule has 0 radical (unpaired) electrons. The first-order chi connectivity index (χ1) is 15.8. The number of likely N-dealkylation sites (tertiary alicyclic amines) is 1. The van der Waals surface area contributed by atoms with Crippen LogP contribution in [0, 0.1) is 5.92 Å². The van der Waals surface area contributed by atoms with Crippen molar-refractivity contribution in [3.8, 4) is 0 Å². The highest BCUT2D eigenvalue weighted by Gasteiger charge is 2.33. The lowest BCUT2D eigenvalue weighted by molar-refractivity contribution is -0.0829. The minimum Gasteiger partial charge on any atom is -0.388 e. The number of benzene rings is 1. The van der Waals surface area contributed by atoms with Crippen molar-refractivity contribution in [2.75, 3.05) is 39.4 Å². The number of nitrogens with zero attached hydrogens (tertiary/aromatic N) is 2. The van der Waals surface area contributed by atoms with E-state index in [1.54, 1.807) is 16.7 Å². The first-order valence-electron chi connectivity index (χ1n) is 11.9. The summed E-state index contributed by atoms with van der Waals surface area (Å²) in [4.78, 5) is 28.4. The van der Waals surface area contributed by atoms with Crippen LogP contribution < -0.4 is 10.9 Å². The third-order valence-corrected chi connectivity index (χ3v) is 7.32. The fourth-order valence-electron chi connectivity index (χ4n) is 5.01. The second-order valence-corrected chi connectivity index (χ2v) is 10.2.